The number of carbonyl (C=O) groups excluding carboxylic acids is 2. The number of hydrogen-bond donors (Lipinski definition) is 2. The minimum atomic E-state index is -0.729. The zero-order valence-electron chi connectivity index (χ0n) is 24.5. The summed E-state index contributed by atoms with van der Waals surface area (Å²) >= 11 is 6.19. The first-order valence-corrected chi connectivity index (χ1v) is 14.9. The molecule has 0 bridgehead atoms. The van der Waals surface area contributed by atoms with Crippen LogP contribution >= 0.6 is 11.6 Å². The third-order valence-electron chi connectivity index (χ3n) is 8.56. The molecule has 11 heteroatoms. The Morgan fingerprint density at radius 3 is 2.50 bits per heavy atom. The van der Waals surface area contributed by atoms with Crippen molar-refractivity contribution in [2.75, 3.05) is 0 Å². The van der Waals surface area contributed by atoms with Gasteiger partial charge in [-0.2, -0.15) is 5.21 Å². The number of H-pyrrole nitrogens is 1. The first-order chi connectivity index (χ1) is 20.0. The van der Waals surface area contributed by atoms with Gasteiger partial charge in [0.15, 0.2) is 5.82 Å². The van der Waals surface area contributed by atoms with Gasteiger partial charge in [-0.1, -0.05) is 63.1 Å². The number of amides is 2. The molecule has 1 spiro atoms. The van der Waals surface area contributed by atoms with Crippen LogP contribution in [0, 0.1) is 17.2 Å². The summed E-state index contributed by atoms with van der Waals surface area (Å²) < 4.78 is 14.4. The number of rotatable bonds is 8. The Morgan fingerprint density at radius 1 is 1.19 bits per heavy atom. The molecule has 1 unspecified atom stereocenters. The van der Waals surface area contributed by atoms with Gasteiger partial charge in [0.05, 0.1) is 12.6 Å². The van der Waals surface area contributed by atoms with Gasteiger partial charge in [0.2, 0.25) is 0 Å². The maximum Gasteiger partial charge on any atom is 0.275 e. The minimum Gasteiger partial charge on any atom is -0.345 e. The van der Waals surface area contributed by atoms with Gasteiger partial charge >= 0.3 is 0 Å². The molecule has 1 aliphatic heterocycles. The van der Waals surface area contributed by atoms with Gasteiger partial charge in [0, 0.05) is 16.1 Å². The second-order valence-corrected chi connectivity index (χ2v) is 12.8. The van der Waals surface area contributed by atoms with Crippen LogP contribution in [-0.2, 0) is 11.3 Å². The summed E-state index contributed by atoms with van der Waals surface area (Å²) in [6.45, 7) is 9.02. The molecule has 9 nitrogen and oxygen atoms in total. The van der Waals surface area contributed by atoms with Gasteiger partial charge in [0.25, 0.3) is 11.8 Å². The van der Waals surface area contributed by atoms with E-state index in [9.17, 15) is 14.0 Å². The van der Waals surface area contributed by atoms with Crippen molar-refractivity contribution in [2.24, 2.45) is 16.3 Å². The average molecular weight is 594 g/mol. The lowest BCUT2D eigenvalue weighted by molar-refractivity contribution is -0.133. The number of hydrogen-bond acceptors (Lipinski definition) is 6. The molecule has 2 aliphatic rings. The number of tetrazole rings is 1. The zero-order valence-corrected chi connectivity index (χ0v) is 25.2. The van der Waals surface area contributed by atoms with E-state index < -0.39 is 11.5 Å². The van der Waals surface area contributed by atoms with Gasteiger partial charge < -0.3 is 10.2 Å². The van der Waals surface area contributed by atoms with Crippen LogP contribution in [0.5, 0.6) is 0 Å². The van der Waals surface area contributed by atoms with Crippen molar-refractivity contribution < 1.29 is 14.0 Å². The molecule has 3 aromatic rings. The summed E-state index contributed by atoms with van der Waals surface area (Å²) in [6, 6.07) is 11.2. The van der Waals surface area contributed by atoms with E-state index >= 15 is 0 Å². The van der Waals surface area contributed by atoms with Crippen molar-refractivity contribution in [1.29, 1.82) is 0 Å². The molecule has 5 rings (SSSR count). The smallest absolute Gasteiger partial charge is 0.275 e. The highest BCUT2D eigenvalue weighted by Crippen LogP contribution is 2.50. The highest BCUT2D eigenvalue weighted by Gasteiger charge is 2.52. The first kappa shape index (κ1) is 29.8. The SMILES string of the molecule is CCCC(c1ccc(C(=O)NCc2nn[nH]n2)cc1)N1C(=O)C(c2cc(F)cc(Cl)c2)=NC12CCC(C(C)(C)C)CC2. The van der Waals surface area contributed by atoms with Crippen molar-refractivity contribution in [1.82, 2.24) is 30.8 Å². The molecule has 0 saturated heterocycles. The van der Waals surface area contributed by atoms with Gasteiger partial charge in [-0.15, -0.1) is 10.2 Å². The van der Waals surface area contributed by atoms with Crippen LogP contribution < -0.4 is 5.32 Å². The van der Waals surface area contributed by atoms with E-state index in [2.05, 4.69) is 53.6 Å². The maximum absolute atomic E-state index is 14.4. The van der Waals surface area contributed by atoms with E-state index in [4.69, 9.17) is 16.6 Å². The number of aliphatic imine (C=N–C) groups is 1. The number of halogens is 2. The molecule has 2 N–H and O–H groups in total. The van der Waals surface area contributed by atoms with E-state index in [1.54, 1.807) is 18.2 Å². The highest BCUT2D eigenvalue weighted by molar-refractivity contribution is 6.47. The number of aromatic nitrogens is 4. The molecule has 222 valence electrons. The van der Waals surface area contributed by atoms with E-state index in [1.165, 1.54) is 12.1 Å². The molecular formula is C31H37ClFN7O2. The summed E-state index contributed by atoms with van der Waals surface area (Å²) in [5.41, 5.74) is 1.48. The third kappa shape index (κ3) is 6.09. The van der Waals surface area contributed by atoms with Crippen molar-refractivity contribution in [2.45, 2.75) is 84.5 Å². The fourth-order valence-corrected chi connectivity index (χ4v) is 6.54. The fourth-order valence-electron chi connectivity index (χ4n) is 6.32. The summed E-state index contributed by atoms with van der Waals surface area (Å²) in [6.07, 6.45) is 4.88. The van der Waals surface area contributed by atoms with Gasteiger partial charge in [-0.25, -0.2) is 4.39 Å². The van der Waals surface area contributed by atoms with E-state index in [0.29, 0.717) is 29.3 Å². The quantitative estimate of drug-likeness (QED) is 0.331. The Hall–Kier alpha value is -3.66. The van der Waals surface area contributed by atoms with Crippen molar-refractivity contribution in [3.8, 4) is 0 Å². The second-order valence-electron chi connectivity index (χ2n) is 12.4. The van der Waals surface area contributed by atoms with E-state index in [1.807, 2.05) is 17.0 Å². The Balaban J connectivity index is 1.47. The lowest BCUT2D eigenvalue weighted by Gasteiger charge is -2.47. The molecule has 1 saturated carbocycles. The normalized spacial score (nSPS) is 21.5. The van der Waals surface area contributed by atoms with E-state index in [-0.39, 0.29) is 40.6 Å². The van der Waals surface area contributed by atoms with Gasteiger partial charge in [-0.05, 0) is 79.3 Å². The zero-order chi connectivity index (χ0) is 30.1. The summed E-state index contributed by atoms with van der Waals surface area (Å²) in [7, 11) is 0. The van der Waals surface area contributed by atoms with Crippen molar-refractivity contribution >= 4 is 29.1 Å². The molecule has 2 aromatic carbocycles. The number of nitrogens with one attached hydrogen (secondary N) is 2. The lowest BCUT2D eigenvalue weighted by atomic mass is 9.69. The van der Waals surface area contributed by atoms with Crippen LogP contribution in [0.25, 0.3) is 0 Å². The third-order valence-corrected chi connectivity index (χ3v) is 8.78. The summed E-state index contributed by atoms with van der Waals surface area (Å²) in [5.74, 6) is -0.0853. The predicted octanol–water partition coefficient (Wildman–Crippen LogP) is 6.03. The number of aromatic amines is 1. The Kier molecular flexibility index (Phi) is 8.46. The average Bonchev–Trinajstić information content (AvgIpc) is 3.56. The highest BCUT2D eigenvalue weighted by atomic mass is 35.5. The van der Waals surface area contributed by atoms with Crippen LogP contribution in [0.15, 0.2) is 47.5 Å². The lowest BCUT2D eigenvalue weighted by Crippen LogP contribution is -2.51. The predicted molar refractivity (Wildman–Crippen MR) is 158 cm³/mol. The van der Waals surface area contributed by atoms with E-state index in [0.717, 1.165) is 37.7 Å². The molecule has 42 heavy (non-hydrogen) atoms. The molecular weight excluding hydrogens is 557 g/mol. The minimum absolute atomic E-state index is 0.153. The topological polar surface area (TPSA) is 116 Å². The van der Waals surface area contributed by atoms with Crippen LogP contribution in [0.2, 0.25) is 5.02 Å². The molecule has 1 aliphatic carbocycles. The summed E-state index contributed by atoms with van der Waals surface area (Å²) in [5, 5.41) is 16.6. The largest absolute Gasteiger partial charge is 0.345 e. The van der Waals surface area contributed by atoms with Crippen LogP contribution in [-0.4, -0.2) is 48.7 Å². The number of nitrogens with zero attached hydrogens (tertiary/aromatic N) is 5. The number of benzene rings is 2. The van der Waals surface area contributed by atoms with Crippen molar-refractivity contribution in [3.05, 3.63) is 75.8 Å². The molecule has 1 aromatic heterocycles. The standard InChI is InChI=1S/C31H37ClFN7O2/c1-5-6-25(19-7-9-20(10-8-19)28(41)34-18-26-36-38-39-37-26)40-29(42)27(21-15-23(32)17-24(33)16-21)35-31(40)13-11-22(12-14-31)30(2,3)4/h7-10,15-17,22,25H,5-6,11-14,18H2,1-4H3,(H,34,41)(H,36,37,38,39). The first-order valence-electron chi connectivity index (χ1n) is 14.5. The maximum atomic E-state index is 14.4. The van der Waals surface area contributed by atoms with Crippen molar-refractivity contribution in [3.63, 3.8) is 0 Å². The van der Waals surface area contributed by atoms with Crippen LogP contribution in [0.1, 0.15) is 99.6 Å². The van der Waals surface area contributed by atoms with Gasteiger partial charge in [-0.3, -0.25) is 14.6 Å². The Bertz CT molecular complexity index is 1440. The second kappa shape index (κ2) is 11.9. The number of carbonyl (C=O) groups is 2. The molecule has 1 fully saturated rings. The monoisotopic (exact) mass is 593 g/mol. The molecule has 2 heterocycles. The Morgan fingerprint density at radius 2 is 1.90 bits per heavy atom. The fraction of sp³-hybridized carbons (Fsp3) is 0.484. The Labute approximate surface area is 250 Å². The van der Waals surface area contributed by atoms with Crippen LogP contribution in [0.4, 0.5) is 4.39 Å². The van der Waals surface area contributed by atoms with Gasteiger partial charge in [0.1, 0.15) is 17.2 Å². The van der Waals surface area contributed by atoms with Crippen LogP contribution in [0.3, 0.4) is 0 Å². The molecule has 1 atom stereocenters. The molecule has 0 radical (unpaired) electrons. The molecule has 2 amide bonds. The summed E-state index contributed by atoms with van der Waals surface area (Å²) in [4.78, 5) is 34.1.